The highest BCUT2D eigenvalue weighted by Crippen LogP contribution is 2.26. The van der Waals surface area contributed by atoms with Crippen LogP contribution in [0, 0.1) is 0 Å². The van der Waals surface area contributed by atoms with Crippen molar-refractivity contribution in [3.8, 4) is 11.5 Å². The highest BCUT2D eigenvalue weighted by atomic mass is 32.2. The van der Waals surface area contributed by atoms with Gasteiger partial charge in [-0.3, -0.25) is 4.79 Å². The predicted octanol–water partition coefficient (Wildman–Crippen LogP) is 5.77. The van der Waals surface area contributed by atoms with Gasteiger partial charge >= 0.3 is 11.9 Å². The molecule has 0 amide bonds. The molecule has 0 aromatic heterocycles. The maximum Gasteiger partial charge on any atom is 0.338 e. The van der Waals surface area contributed by atoms with E-state index in [0.29, 0.717) is 30.1 Å². The van der Waals surface area contributed by atoms with Gasteiger partial charge in [0.1, 0.15) is 11.5 Å². The third-order valence-corrected chi connectivity index (χ3v) is 5.33. The van der Waals surface area contributed by atoms with E-state index in [9.17, 15) is 14.4 Å². The van der Waals surface area contributed by atoms with Crippen molar-refractivity contribution in [3.05, 3.63) is 78.9 Å². The summed E-state index contributed by atoms with van der Waals surface area (Å²) >= 11 is 1.11. The number of esters is 2. The van der Waals surface area contributed by atoms with Crippen molar-refractivity contribution in [1.82, 2.24) is 0 Å². The Morgan fingerprint density at radius 2 is 1.48 bits per heavy atom. The smallest absolute Gasteiger partial charge is 0.338 e. The van der Waals surface area contributed by atoms with E-state index in [0.717, 1.165) is 54.2 Å². The summed E-state index contributed by atoms with van der Waals surface area (Å²) in [6.45, 7) is 9.47. The number of benzene rings is 2. The van der Waals surface area contributed by atoms with Gasteiger partial charge in [-0.15, -0.1) is 0 Å². The van der Waals surface area contributed by atoms with Crippen LogP contribution in [-0.2, 0) is 14.3 Å². The summed E-state index contributed by atoms with van der Waals surface area (Å²) in [6.07, 6.45) is 4.84. The zero-order valence-electron chi connectivity index (χ0n) is 18.7. The van der Waals surface area contributed by atoms with Crippen LogP contribution in [-0.4, -0.2) is 30.3 Å². The Kier molecular flexibility index (Phi) is 11.0. The number of hydrogen-bond donors (Lipinski definition) is 0. The maximum absolute atomic E-state index is 12.5. The number of carbonyl (C=O) groups is 3. The molecule has 0 spiro atoms. The fraction of sp³-hybridized carbons (Fsp3) is 0.269. The minimum atomic E-state index is -0.502. The van der Waals surface area contributed by atoms with E-state index in [2.05, 4.69) is 13.2 Å². The number of carbonyl (C=O) groups excluding carboxylic acids is 3. The van der Waals surface area contributed by atoms with E-state index in [4.69, 9.17) is 14.2 Å². The molecule has 2 rings (SSSR count). The van der Waals surface area contributed by atoms with Crippen LogP contribution in [0.5, 0.6) is 11.5 Å². The molecule has 0 atom stereocenters. The average molecular weight is 469 g/mol. The molecular weight excluding hydrogens is 440 g/mol. The second-order valence-electron chi connectivity index (χ2n) is 7.19. The summed E-state index contributed by atoms with van der Waals surface area (Å²) in [5.41, 5.74) is 0.816. The minimum Gasteiger partial charge on any atom is -0.494 e. The molecule has 2 aromatic carbocycles. The Morgan fingerprint density at radius 1 is 0.879 bits per heavy atom. The van der Waals surface area contributed by atoms with Gasteiger partial charge in [-0.25, -0.2) is 9.59 Å². The van der Waals surface area contributed by atoms with E-state index in [1.807, 2.05) is 24.3 Å². The molecule has 0 saturated carbocycles. The molecule has 0 saturated heterocycles. The molecular formula is C26H28O6S. The van der Waals surface area contributed by atoms with Crippen LogP contribution in [0.2, 0.25) is 0 Å². The molecule has 0 aliphatic heterocycles. The number of thioether (sulfide) groups is 1. The quantitative estimate of drug-likeness (QED) is 0.121. The van der Waals surface area contributed by atoms with Gasteiger partial charge in [0.05, 0.1) is 13.2 Å². The molecule has 0 fully saturated rings. The summed E-state index contributed by atoms with van der Waals surface area (Å²) in [5, 5.41) is -0.111. The fourth-order valence-electron chi connectivity index (χ4n) is 2.60. The van der Waals surface area contributed by atoms with Gasteiger partial charge in [0, 0.05) is 22.1 Å². The summed E-state index contributed by atoms with van der Waals surface area (Å²) in [6, 6.07) is 13.8. The molecule has 2 aromatic rings. The molecule has 6 nitrogen and oxygen atoms in total. The van der Waals surface area contributed by atoms with Crippen molar-refractivity contribution in [1.29, 1.82) is 0 Å². The monoisotopic (exact) mass is 468 g/mol. The van der Waals surface area contributed by atoms with E-state index >= 15 is 0 Å². The van der Waals surface area contributed by atoms with Crippen LogP contribution >= 0.6 is 11.8 Å². The zero-order chi connectivity index (χ0) is 24.1. The van der Waals surface area contributed by atoms with Crippen molar-refractivity contribution in [2.75, 3.05) is 13.2 Å². The van der Waals surface area contributed by atoms with Crippen molar-refractivity contribution in [2.24, 2.45) is 0 Å². The summed E-state index contributed by atoms with van der Waals surface area (Å²) < 4.78 is 15.8. The predicted molar refractivity (Wildman–Crippen MR) is 129 cm³/mol. The minimum absolute atomic E-state index is 0.111. The third kappa shape index (κ3) is 9.78. The Labute approximate surface area is 198 Å². The first-order valence-electron chi connectivity index (χ1n) is 10.6. The second kappa shape index (κ2) is 14.0. The molecule has 0 radical (unpaired) electrons. The number of ether oxygens (including phenoxy) is 3. The van der Waals surface area contributed by atoms with Gasteiger partial charge in [0.2, 0.25) is 5.12 Å². The first-order chi connectivity index (χ1) is 15.9. The maximum atomic E-state index is 12.5. The summed E-state index contributed by atoms with van der Waals surface area (Å²) in [5.74, 6) is 0.219. The van der Waals surface area contributed by atoms with E-state index in [1.165, 1.54) is 0 Å². The van der Waals surface area contributed by atoms with E-state index < -0.39 is 5.97 Å². The Balaban J connectivity index is 1.69. The van der Waals surface area contributed by atoms with Crippen LogP contribution in [0.3, 0.4) is 0 Å². The lowest BCUT2D eigenvalue weighted by Crippen LogP contribution is -2.08. The van der Waals surface area contributed by atoms with Gasteiger partial charge in [-0.05, 0) is 92.9 Å². The molecule has 0 aliphatic carbocycles. The normalized spacial score (nSPS) is 10.2. The van der Waals surface area contributed by atoms with Crippen LogP contribution in [0.1, 0.15) is 43.0 Å². The summed E-state index contributed by atoms with van der Waals surface area (Å²) in [7, 11) is 0. The lowest BCUT2D eigenvalue weighted by molar-refractivity contribution is -0.137. The van der Waals surface area contributed by atoms with Crippen LogP contribution in [0.4, 0.5) is 0 Å². The van der Waals surface area contributed by atoms with Crippen molar-refractivity contribution >= 4 is 28.8 Å². The van der Waals surface area contributed by atoms with Crippen molar-refractivity contribution in [2.45, 2.75) is 37.5 Å². The van der Waals surface area contributed by atoms with Gasteiger partial charge in [0.25, 0.3) is 0 Å². The molecule has 0 N–H and O–H groups in total. The highest BCUT2D eigenvalue weighted by molar-refractivity contribution is 8.14. The van der Waals surface area contributed by atoms with E-state index in [-0.39, 0.29) is 11.1 Å². The molecule has 174 valence electrons. The fourth-order valence-corrected chi connectivity index (χ4v) is 3.34. The molecule has 0 aliphatic rings. The topological polar surface area (TPSA) is 78.9 Å². The van der Waals surface area contributed by atoms with Crippen LogP contribution < -0.4 is 9.47 Å². The molecule has 33 heavy (non-hydrogen) atoms. The number of rotatable bonds is 13. The standard InChI is InChI=1S/C26H28O6S/c1-4-24(27)31-18-8-6-5-7-17-30-21-13-15-23(16-14-21)33-26(29)20-9-11-22(12-10-20)32-25(28)19(2)3/h4,9-16H,1-2,5-8,17-18H2,3H3. The lowest BCUT2D eigenvalue weighted by atomic mass is 10.2. The number of unbranched alkanes of at least 4 members (excludes halogenated alkanes) is 3. The van der Waals surface area contributed by atoms with Gasteiger partial charge in [0.15, 0.2) is 0 Å². The lowest BCUT2D eigenvalue weighted by Gasteiger charge is -2.08. The van der Waals surface area contributed by atoms with Crippen molar-refractivity contribution < 1.29 is 28.6 Å². The average Bonchev–Trinajstić information content (AvgIpc) is 2.81. The highest BCUT2D eigenvalue weighted by Gasteiger charge is 2.10. The Hall–Kier alpha value is -3.32. The van der Waals surface area contributed by atoms with Crippen LogP contribution in [0.15, 0.2) is 78.2 Å². The molecule has 7 heteroatoms. The van der Waals surface area contributed by atoms with Gasteiger partial charge in [-0.2, -0.15) is 0 Å². The first kappa shape index (κ1) is 25.9. The first-order valence-corrected chi connectivity index (χ1v) is 11.4. The molecule has 0 heterocycles. The molecule has 0 unspecified atom stereocenters. The second-order valence-corrected chi connectivity index (χ2v) is 8.24. The SMILES string of the molecule is C=CC(=O)OCCCCCCOc1ccc(SC(=O)c2ccc(OC(=O)C(=C)C)cc2)cc1. The van der Waals surface area contributed by atoms with E-state index in [1.54, 1.807) is 31.2 Å². The van der Waals surface area contributed by atoms with Gasteiger partial charge in [-0.1, -0.05) is 13.2 Å². The largest absolute Gasteiger partial charge is 0.494 e. The Morgan fingerprint density at radius 3 is 2.09 bits per heavy atom. The van der Waals surface area contributed by atoms with Crippen molar-refractivity contribution in [3.63, 3.8) is 0 Å². The zero-order valence-corrected chi connectivity index (χ0v) is 19.5. The van der Waals surface area contributed by atoms with Crippen LogP contribution in [0.25, 0.3) is 0 Å². The molecule has 0 bridgehead atoms. The summed E-state index contributed by atoms with van der Waals surface area (Å²) in [4.78, 5) is 35.8. The Bertz CT molecular complexity index is 963. The van der Waals surface area contributed by atoms with Gasteiger partial charge < -0.3 is 14.2 Å². The third-order valence-electron chi connectivity index (χ3n) is 4.40. The number of hydrogen-bond acceptors (Lipinski definition) is 7.